The van der Waals surface area contributed by atoms with Crippen LogP contribution in [0.25, 0.3) is 0 Å². The van der Waals surface area contributed by atoms with E-state index in [0.717, 1.165) is 0 Å². The SMILES string of the molecule is N#CCc1c[nH]c(=O)c(C(F)(F)F)c1OC(F)(F)F. The van der Waals surface area contributed by atoms with E-state index in [-0.39, 0.29) is 0 Å². The highest BCUT2D eigenvalue weighted by molar-refractivity contribution is 5.42. The van der Waals surface area contributed by atoms with Crippen LogP contribution in [-0.2, 0) is 12.6 Å². The third kappa shape index (κ3) is 3.64. The second-order valence-corrected chi connectivity index (χ2v) is 3.23. The molecule has 1 heterocycles. The number of pyridine rings is 1. The van der Waals surface area contributed by atoms with Gasteiger partial charge in [0.05, 0.1) is 12.5 Å². The van der Waals surface area contributed by atoms with E-state index in [4.69, 9.17) is 5.26 Å². The van der Waals surface area contributed by atoms with Gasteiger partial charge in [0, 0.05) is 11.8 Å². The third-order valence-electron chi connectivity index (χ3n) is 1.89. The molecule has 0 saturated heterocycles. The van der Waals surface area contributed by atoms with Crippen LogP contribution in [-0.4, -0.2) is 11.3 Å². The number of hydrogen-bond donors (Lipinski definition) is 1. The first-order valence-corrected chi connectivity index (χ1v) is 4.50. The molecule has 4 nitrogen and oxygen atoms in total. The number of halogens is 6. The normalized spacial score (nSPS) is 12.1. The lowest BCUT2D eigenvalue weighted by molar-refractivity contribution is -0.276. The Kier molecular flexibility index (Phi) is 3.78. The summed E-state index contributed by atoms with van der Waals surface area (Å²) < 4.78 is 77.1. The molecule has 0 unspecified atom stereocenters. The van der Waals surface area contributed by atoms with E-state index in [0.29, 0.717) is 6.20 Å². The second-order valence-electron chi connectivity index (χ2n) is 3.23. The predicted octanol–water partition coefficient (Wildman–Crippen LogP) is 2.36. The number of rotatable bonds is 2. The number of nitrogens with one attached hydrogen (secondary N) is 1. The first-order valence-electron chi connectivity index (χ1n) is 4.50. The number of H-pyrrole nitrogens is 1. The van der Waals surface area contributed by atoms with Gasteiger partial charge in [0.1, 0.15) is 0 Å². The summed E-state index contributed by atoms with van der Waals surface area (Å²) in [5, 5.41) is 8.35. The Hall–Kier alpha value is -2.18. The van der Waals surface area contributed by atoms with Gasteiger partial charge in [0.25, 0.3) is 5.56 Å². The summed E-state index contributed by atoms with van der Waals surface area (Å²) in [6, 6.07) is 1.37. The van der Waals surface area contributed by atoms with Crippen LogP contribution in [0.15, 0.2) is 11.0 Å². The molecule has 0 aliphatic carbocycles. The van der Waals surface area contributed by atoms with Gasteiger partial charge in [-0.3, -0.25) is 4.79 Å². The Morgan fingerprint density at radius 1 is 1.26 bits per heavy atom. The molecule has 0 spiro atoms. The number of nitrogens with zero attached hydrogens (tertiary/aromatic N) is 1. The van der Waals surface area contributed by atoms with Gasteiger partial charge < -0.3 is 9.72 Å². The quantitative estimate of drug-likeness (QED) is 0.849. The van der Waals surface area contributed by atoms with Gasteiger partial charge in [-0.25, -0.2) is 0 Å². The molecule has 0 atom stereocenters. The van der Waals surface area contributed by atoms with E-state index >= 15 is 0 Å². The number of hydrogen-bond acceptors (Lipinski definition) is 3. The Morgan fingerprint density at radius 3 is 2.26 bits per heavy atom. The Labute approximate surface area is 101 Å². The van der Waals surface area contributed by atoms with E-state index < -0.39 is 41.4 Å². The Bertz CT molecular complexity index is 566. The smallest absolute Gasteiger partial charge is 0.405 e. The minimum Gasteiger partial charge on any atom is -0.405 e. The molecule has 10 heteroatoms. The van der Waals surface area contributed by atoms with Gasteiger partial charge in [-0.2, -0.15) is 18.4 Å². The van der Waals surface area contributed by atoms with Gasteiger partial charge in [-0.1, -0.05) is 0 Å². The first-order chi connectivity index (χ1) is 8.56. The summed E-state index contributed by atoms with van der Waals surface area (Å²) in [5.74, 6) is -1.70. The molecule has 1 N–H and O–H groups in total. The van der Waals surface area contributed by atoms with E-state index in [1.807, 2.05) is 0 Å². The molecule has 1 aromatic heterocycles. The molecule has 0 amide bonds. The summed E-state index contributed by atoms with van der Waals surface area (Å²) in [7, 11) is 0. The first kappa shape index (κ1) is 14.9. The van der Waals surface area contributed by atoms with Crippen molar-refractivity contribution in [1.29, 1.82) is 5.26 Å². The van der Waals surface area contributed by atoms with Crippen molar-refractivity contribution in [1.82, 2.24) is 4.98 Å². The van der Waals surface area contributed by atoms with Crippen LogP contribution >= 0.6 is 0 Å². The van der Waals surface area contributed by atoms with Crippen molar-refractivity contribution in [2.75, 3.05) is 0 Å². The monoisotopic (exact) mass is 286 g/mol. The number of nitriles is 1. The standard InChI is InChI=1S/C9H4F6N2O2/c10-8(11,12)5-6(19-9(13,14)15)4(1-2-16)3-17-7(5)18/h3H,1H2,(H,17,18). The maximum atomic E-state index is 12.6. The van der Waals surface area contributed by atoms with Crippen LogP contribution in [0.1, 0.15) is 11.1 Å². The molecule has 0 aliphatic heterocycles. The van der Waals surface area contributed by atoms with E-state index in [1.165, 1.54) is 6.07 Å². The van der Waals surface area contributed by atoms with Crippen molar-refractivity contribution in [3.8, 4) is 11.8 Å². The van der Waals surface area contributed by atoms with E-state index in [9.17, 15) is 31.1 Å². The average Bonchev–Trinajstić information content (AvgIpc) is 2.18. The molecule has 0 aromatic carbocycles. The molecular weight excluding hydrogens is 282 g/mol. The summed E-state index contributed by atoms with van der Waals surface area (Å²) >= 11 is 0. The number of alkyl halides is 6. The zero-order chi connectivity index (χ0) is 14.8. The molecule has 1 aromatic rings. The maximum absolute atomic E-state index is 12.6. The summed E-state index contributed by atoms with van der Waals surface area (Å²) in [6.45, 7) is 0. The third-order valence-corrected chi connectivity index (χ3v) is 1.89. The topological polar surface area (TPSA) is 65.9 Å². The molecule has 0 bridgehead atoms. The Balaban J connectivity index is 3.56. The van der Waals surface area contributed by atoms with Crippen molar-refractivity contribution in [3.63, 3.8) is 0 Å². The summed E-state index contributed by atoms with van der Waals surface area (Å²) in [4.78, 5) is 12.6. The number of ether oxygens (including phenoxy) is 1. The molecule has 1 rings (SSSR count). The van der Waals surface area contributed by atoms with Gasteiger partial charge in [0.15, 0.2) is 11.3 Å². The van der Waals surface area contributed by atoms with Crippen LogP contribution in [0, 0.1) is 11.3 Å². The number of aromatic nitrogens is 1. The lowest BCUT2D eigenvalue weighted by Crippen LogP contribution is -2.27. The molecular formula is C9H4F6N2O2. The minimum absolute atomic E-state index is 0.571. The maximum Gasteiger partial charge on any atom is 0.573 e. The predicted molar refractivity (Wildman–Crippen MR) is 48.1 cm³/mol. The largest absolute Gasteiger partial charge is 0.573 e. The summed E-state index contributed by atoms with van der Waals surface area (Å²) in [5.41, 5.74) is -4.63. The van der Waals surface area contributed by atoms with Crippen molar-refractivity contribution in [2.24, 2.45) is 0 Å². The molecule has 104 valence electrons. The second kappa shape index (κ2) is 4.83. The van der Waals surface area contributed by atoms with Crippen molar-refractivity contribution in [3.05, 3.63) is 27.7 Å². The van der Waals surface area contributed by atoms with E-state index in [2.05, 4.69) is 4.74 Å². The zero-order valence-corrected chi connectivity index (χ0v) is 8.82. The fourth-order valence-electron chi connectivity index (χ4n) is 1.26. The van der Waals surface area contributed by atoms with E-state index in [1.54, 1.807) is 4.98 Å². The summed E-state index contributed by atoms with van der Waals surface area (Å²) in [6.07, 6.45) is -11.0. The molecule has 19 heavy (non-hydrogen) atoms. The van der Waals surface area contributed by atoms with Crippen LogP contribution < -0.4 is 10.3 Å². The lowest BCUT2D eigenvalue weighted by atomic mass is 10.1. The lowest BCUT2D eigenvalue weighted by Gasteiger charge is -2.16. The fraction of sp³-hybridized carbons (Fsp3) is 0.333. The average molecular weight is 286 g/mol. The molecule has 0 radical (unpaired) electrons. The van der Waals surface area contributed by atoms with Crippen molar-refractivity contribution in [2.45, 2.75) is 19.0 Å². The zero-order valence-electron chi connectivity index (χ0n) is 8.82. The molecule has 0 saturated carbocycles. The fourth-order valence-corrected chi connectivity index (χ4v) is 1.26. The van der Waals surface area contributed by atoms with Gasteiger partial charge >= 0.3 is 12.5 Å². The van der Waals surface area contributed by atoms with Crippen LogP contribution in [0.5, 0.6) is 5.75 Å². The van der Waals surface area contributed by atoms with Gasteiger partial charge in [-0.05, 0) is 0 Å². The highest BCUT2D eigenvalue weighted by Gasteiger charge is 2.43. The van der Waals surface area contributed by atoms with Crippen molar-refractivity contribution < 1.29 is 31.1 Å². The van der Waals surface area contributed by atoms with Crippen LogP contribution in [0.4, 0.5) is 26.3 Å². The van der Waals surface area contributed by atoms with Gasteiger partial charge in [-0.15, -0.1) is 13.2 Å². The van der Waals surface area contributed by atoms with Crippen LogP contribution in [0.3, 0.4) is 0 Å². The highest BCUT2D eigenvalue weighted by Crippen LogP contribution is 2.37. The molecule has 0 aliphatic rings. The van der Waals surface area contributed by atoms with Gasteiger partial charge in [0.2, 0.25) is 0 Å². The van der Waals surface area contributed by atoms with Crippen LogP contribution in [0.2, 0.25) is 0 Å². The highest BCUT2D eigenvalue weighted by atomic mass is 19.4. The molecule has 0 fully saturated rings. The van der Waals surface area contributed by atoms with Crippen molar-refractivity contribution >= 4 is 0 Å². The minimum atomic E-state index is -5.42. The number of aromatic amines is 1. The Morgan fingerprint density at radius 2 is 1.84 bits per heavy atom.